The topological polar surface area (TPSA) is 33.2 Å². The molecule has 1 saturated heterocycles. The van der Waals surface area contributed by atoms with Crippen LogP contribution in [-0.2, 0) is 6.18 Å². The number of ketones is 1. The summed E-state index contributed by atoms with van der Waals surface area (Å²) >= 11 is 0.657. The number of benzene rings is 1. The highest BCUT2D eigenvalue weighted by molar-refractivity contribution is 7.15. The van der Waals surface area contributed by atoms with E-state index in [2.05, 4.69) is 4.98 Å². The van der Waals surface area contributed by atoms with Gasteiger partial charge in [-0.25, -0.2) is 4.98 Å². The maximum Gasteiger partial charge on any atom is 0.427 e. The molecule has 0 radical (unpaired) electrons. The first kappa shape index (κ1) is 16.0. The van der Waals surface area contributed by atoms with Gasteiger partial charge in [-0.2, -0.15) is 13.2 Å². The summed E-state index contributed by atoms with van der Waals surface area (Å²) in [5.41, 5.74) is 0.694. The Morgan fingerprint density at radius 2 is 1.83 bits per heavy atom. The molecular weight excluding hydrogens is 325 g/mol. The molecule has 0 atom stereocenters. The second kappa shape index (κ2) is 6.31. The molecule has 7 heteroatoms. The summed E-state index contributed by atoms with van der Waals surface area (Å²) in [5.74, 6) is 0.0380. The summed E-state index contributed by atoms with van der Waals surface area (Å²) in [6.45, 7) is 1.10. The number of aromatic nitrogens is 1. The Bertz CT molecular complexity index is 676. The van der Waals surface area contributed by atoms with Crippen molar-refractivity contribution >= 4 is 22.3 Å². The van der Waals surface area contributed by atoms with Crippen LogP contribution in [0, 0.1) is 5.92 Å². The third kappa shape index (κ3) is 3.55. The first-order valence-electron chi connectivity index (χ1n) is 7.32. The molecule has 0 N–H and O–H groups in total. The number of rotatable bonds is 3. The summed E-state index contributed by atoms with van der Waals surface area (Å²) in [5, 5.41) is 0.378. The van der Waals surface area contributed by atoms with Crippen molar-refractivity contribution in [3.05, 3.63) is 47.0 Å². The van der Waals surface area contributed by atoms with E-state index >= 15 is 0 Å². The van der Waals surface area contributed by atoms with Crippen molar-refractivity contribution in [1.82, 2.24) is 4.98 Å². The zero-order chi connectivity index (χ0) is 16.4. The van der Waals surface area contributed by atoms with Crippen molar-refractivity contribution < 1.29 is 18.0 Å². The smallest absolute Gasteiger partial charge is 0.348 e. The second-order valence-electron chi connectivity index (χ2n) is 5.50. The van der Waals surface area contributed by atoms with E-state index in [0.717, 1.165) is 6.20 Å². The summed E-state index contributed by atoms with van der Waals surface area (Å²) < 4.78 is 37.9. The van der Waals surface area contributed by atoms with Crippen LogP contribution >= 0.6 is 11.3 Å². The lowest BCUT2D eigenvalue weighted by Gasteiger charge is -2.31. The largest absolute Gasteiger partial charge is 0.427 e. The van der Waals surface area contributed by atoms with E-state index in [1.165, 1.54) is 0 Å². The number of hydrogen-bond acceptors (Lipinski definition) is 4. The number of halogens is 3. The molecule has 0 unspecified atom stereocenters. The van der Waals surface area contributed by atoms with Crippen molar-refractivity contribution in [3.8, 4) is 0 Å². The molecule has 3 rings (SSSR count). The number of carbonyl (C=O) groups is 1. The zero-order valence-electron chi connectivity index (χ0n) is 12.2. The van der Waals surface area contributed by atoms with E-state index in [4.69, 9.17) is 0 Å². The number of Topliss-reactive ketones (excluding diaryl/α,β-unsaturated/α-hetero) is 1. The molecule has 0 saturated carbocycles. The van der Waals surface area contributed by atoms with Gasteiger partial charge in [-0.15, -0.1) is 0 Å². The Morgan fingerprint density at radius 3 is 2.39 bits per heavy atom. The molecule has 3 nitrogen and oxygen atoms in total. The van der Waals surface area contributed by atoms with E-state index in [9.17, 15) is 18.0 Å². The minimum Gasteiger partial charge on any atom is -0.348 e. The lowest BCUT2D eigenvalue weighted by molar-refractivity contribution is -0.134. The van der Waals surface area contributed by atoms with Gasteiger partial charge in [-0.3, -0.25) is 4.79 Å². The second-order valence-corrected chi connectivity index (χ2v) is 6.51. The Labute approximate surface area is 135 Å². The number of carbonyl (C=O) groups excluding carboxylic acids is 1. The maximum atomic E-state index is 12.6. The molecular formula is C16H15F3N2OS. The fraction of sp³-hybridized carbons (Fsp3) is 0.375. The first-order chi connectivity index (χ1) is 10.9. The molecule has 0 amide bonds. The predicted octanol–water partition coefficient (Wildman–Crippen LogP) is 4.26. The average Bonchev–Trinajstić information content (AvgIpc) is 3.05. The Morgan fingerprint density at radius 1 is 1.17 bits per heavy atom. The van der Waals surface area contributed by atoms with Crippen LogP contribution in [0.1, 0.15) is 28.1 Å². The van der Waals surface area contributed by atoms with Crippen molar-refractivity contribution in [2.75, 3.05) is 18.0 Å². The normalized spacial score (nSPS) is 16.6. The lowest BCUT2D eigenvalue weighted by atomic mass is 9.89. The zero-order valence-corrected chi connectivity index (χ0v) is 13.0. The Kier molecular flexibility index (Phi) is 4.39. The van der Waals surface area contributed by atoms with Gasteiger partial charge in [-0.05, 0) is 12.8 Å². The molecule has 1 aliphatic heterocycles. The van der Waals surface area contributed by atoms with Gasteiger partial charge >= 0.3 is 6.18 Å². The molecule has 1 aromatic carbocycles. The van der Waals surface area contributed by atoms with Gasteiger partial charge in [0.1, 0.15) is 4.88 Å². The standard InChI is InChI=1S/C16H15F3N2OS/c17-16(18,19)13-10-20-15(23-13)21-8-6-12(7-9-21)14(22)11-4-2-1-3-5-11/h1-5,10,12H,6-9H2. The van der Waals surface area contributed by atoms with Crippen LogP contribution in [0.15, 0.2) is 36.5 Å². The number of hydrogen-bond donors (Lipinski definition) is 0. The van der Waals surface area contributed by atoms with Crippen LogP contribution < -0.4 is 4.90 Å². The Hall–Kier alpha value is -1.89. The van der Waals surface area contributed by atoms with Crippen LogP contribution in [0.4, 0.5) is 18.3 Å². The van der Waals surface area contributed by atoms with Crippen LogP contribution in [0.5, 0.6) is 0 Å². The molecule has 0 bridgehead atoms. The monoisotopic (exact) mass is 340 g/mol. The van der Waals surface area contributed by atoms with Gasteiger partial charge in [0.25, 0.3) is 0 Å². The van der Waals surface area contributed by atoms with E-state index in [0.29, 0.717) is 48.0 Å². The fourth-order valence-electron chi connectivity index (χ4n) is 2.71. The van der Waals surface area contributed by atoms with E-state index < -0.39 is 11.1 Å². The highest BCUT2D eigenvalue weighted by Gasteiger charge is 2.34. The number of alkyl halides is 3. The first-order valence-corrected chi connectivity index (χ1v) is 8.14. The third-order valence-corrected chi connectivity index (χ3v) is 5.07. The number of anilines is 1. The van der Waals surface area contributed by atoms with Gasteiger partial charge < -0.3 is 4.90 Å². The highest BCUT2D eigenvalue weighted by atomic mass is 32.1. The van der Waals surface area contributed by atoms with E-state index in [-0.39, 0.29) is 11.7 Å². The van der Waals surface area contributed by atoms with Crippen molar-refractivity contribution in [2.45, 2.75) is 19.0 Å². The predicted molar refractivity (Wildman–Crippen MR) is 82.8 cm³/mol. The SMILES string of the molecule is O=C(c1ccccc1)C1CCN(c2ncc(C(F)(F)F)s2)CC1. The minimum atomic E-state index is -4.35. The lowest BCUT2D eigenvalue weighted by Crippen LogP contribution is -2.36. The molecule has 1 fully saturated rings. The van der Waals surface area contributed by atoms with Crippen LogP contribution in [0.25, 0.3) is 0 Å². The molecule has 23 heavy (non-hydrogen) atoms. The summed E-state index contributed by atoms with van der Waals surface area (Å²) in [4.78, 5) is 17.4. The fourth-order valence-corrected chi connectivity index (χ4v) is 3.55. The summed E-state index contributed by atoms with van der Waals surface area (Å²) in [6.07, 6.45) is -2.21. The highest BCUT2D eigenvalue weighted by Crippen LogP contribution is 2.37. The molecule has 2 aromatic rings. The van der Waals surface area contributed by atoms with Gasteiger partial charge in [0.2, 0.25) is 0 Å². The maximum absolute atomic E-state index is 12.6. The van der Waals surface area contributed by atoms with Crippen LogP contribution in [0.2, 0.25) is 0 Å². The molecule has 1 aliphatic rings. The van der Waals surface area contributed by atoms with Gasteiger partial charge in [0.05, 0.1) is 6.20 Å². The minimum absolute atomic E-state index is 0.0734. The van der Waals surface area contributed by atoms with Crippen LogP contribution in [-0.4, -0.2) is 23.9 Å². The number of thiazole rings is 1. The molecule has 2 heterocycles. The quantitative estimate of drug-likeness (QED) is 0.783. The number of piperidine rings is 1. The molecule has 0 aliphatic carbocycles. The van der Waals surface area contributed by atoms with Gasteiger partial charge in [-0.1, -0.05) is 41.7 Å². The van der Waals surface area contributed by atoms with Crippen molar-refractivity contribution in [3.63, 3.8) is 0 Å². The molecule has 1 aromatic heterocycles. The van der Waals surface area contributed by atoms with E-state index in [1.54, 1.807) is 12.1 Å². The van der Waals surface area contributed by atoms with E-state index in [1.807, 2.05) is 23.1 Å². The summed E-state index contributed by atoms with van der Waals surface area (Å²) in [6, 6.07) is 9.11. The Balaban J connectivity index is 1.62. The van der Waals surface area contributed by atoms with Gasteiger partial charge in [0, 0.05) is 24.6 Å². The molecule has 0 spiro atoms. The average molecular weight is 340 g/mol. The summed E-state index contributed by atoms with van der Waals surface area (Å²) in [7, 11) is 0. The number of nitrogens with zero attached hydrogens (tertiary/aromatic N) is 2. The molecule has 122 valence electrons. The van der Waals surface area contributed by atoms with Gasteiger partial charge in [0.15, 0.2) is 10.9 Å². The van der Waals surface area contributed by atoms with Crippen molar-refractivity contribution in [2.24, 2.45) is 5.92 Å². The third-order valence-electron chi connectivity index (χ3n) is 3.97. The van der Waals surface area contributed by atoms with Crippen molar-refractivity contribution in [1.29, 1.82) is 0 Å². The van der Waals surface area contributed by atoms with Crippen LogP contribution in [0.3, 0.4) is 0 Å².